The number of nitrogens with zero attached hydrogens (tertiary/aromatic N) is 3. The van der Waals surface area contributed by atoms with Gasteiger partial charge in [-0.05, 0) is 17.7 Å². The summed E-state index contributed by atoms with van der Waals surface area (Å²) in [5, 5.41) is 8.97. The summed E-state index contributed by atoms with van der Waals surface area (Å²) < 4.78 is 5.28. The number of carbonyl (C=O) groups excluding carboxylic acids is 1. The zero-order chi connectivity index (χ0) is 16.8. The van der Waals surface area contributed by atoms with E-state index in [1.807, 2.05) is 54.6 Å². The number of ether oxygens (including phenoxy) is 1. The topological polar surface area (TPSA) is 54.3 Å². The van der Waals surface area contributed by atoms with E-state index in [1.165, 1.54) is 11.8 Å². The van der Waals surface area contributed by atoms with Crippen molar-refractivity contribution < 1.29 is 9.53 Å². The van der Waals surface area contributed by atoms with Crippen LogP contribution >= 0.6 is 11.8 Å². The highest BCUT2D eigenvalue weighted by molar-refractivity contribution is 8.15. The van der Waals surface area contributed by atoms with E-state index >= 15 is 0 Å². The van der Waals surface area contributed by atoms with Gasteiger partial charge in [-0.25, -0.2) is 0 Å². The number of carbonyl (C=O) groups is 1. The number of hydrogen-bond acceptors (Lipinski definition) is 5. The van der Waals surface area contributed by atoms with Crippen LogP contribution in [0, 0.1) is 0 Å². The summed E-state index contributed by atoms with van der Waals surface area (Å²) in [5.74, 6) is 1.18. The standard InChI is InChI=1S/C18H17N3O2S/c1-23-16-10-6-5-9-15(16)11-19-20-18-21(17(22)13-24-18)12-14-7-3-2-4-8-14/h2-11H,12-13H2,1H3/b19-11+,20-18-. The SMILES string of the molecule is COc1ccccc1/C=N/N=C1\SCC(=O)N1Cc1ccccc1. The minimum Gasteiger partial charge on any atom is -0.496 e. The summed E-state index contributed by atoms with van der Waals surface area (Å²) in [4.78, 5) is 13.7. The fraction of sp³-hybridized carbons (Fsp3) is 0.167. The van der Waals surface area contributed by atoms with Crippen molar-refractivity contribution in [1.82, 2.24) is 4.90 Å². The zero-order valence-electron chi connectivity index (χ0n) is 13.3. The summed E-state index contributed by atoms with van der Waals surface area (Å²) in [5.41, 5.74) is 1.91. The molecule has 1 fully saturated rings. The van der Waals surface area contributed by atoms with Crippen molar-refractivity contribution >= 4 is 29.1 Å². The molecule has 1 amide bonds. The highest BCUT2D eigenvalue weighted by atomic mass is 32.2. The van der Waals surface area contributed by atoms with Crippen molar-refractivity contribution in [1.29, 1.82) is 0 Å². The van der Waals surface area contributed by atoms with E-state index in [-0.39, 0.29) is 5.91 Å². The second kappa shape index (κ2) is 7.79. The molecule has 0 unspecified atom stereocenters. The van der Waals surface area contributed by atoms with Crippen molar-refractivity contribution in [3.8, 4) is 5.75 Å². The van der Waals surface area contributed by atoms with Gasteiger partial charge < -0.3 is 4.74 Å². The third kappa shape index (κ3) is 3.83. The van der Waals surface area contributed by atoms with Crippen LogP contribution in [0.4, 0.5) is 0 Å². The van der Waals surface area contributed by atoms with Crippen LogP contribution < -0.4 is 4.74 Å². The van der Waals surface area contributed by atoms with Crippen LogP contribution in [-0.2, 0) is 11.3 Å². The lowest BCUT2D eigenvalue weighted by Gasteiger charge is -2.14. The van der Waals surface area contributed by atoms with Crippen LogP contribution in [0.2, 0.25) is 0 Å². The van der Waals surface area contributed by atoms with E-state index < -0.39 is 0 Å². The molecule has 0 bridgehead atoms. The number of methoxy groups -OCH3 is 1. The fourth-order valence-electron chi connectivity index (χ4n) is 2.31. The van der Waals surface area contributed by atoms with Crippen LogP contribution in [-0.4, -0.2) is 35.1 Å². The quantitative estimate of drug-likeness (QED) is 0.621. The molecule has 5 nitrogen and oxygen atoms in total. The number of thioether (sulfide) groups is 1. The summed E-state index contributed by atoms with van der Waals surface area (Å²) >= 11 is 1.40. The van der Waals surface area contributed by atoms with Gasteiger partial charge in [0.2, 0.25) is 5.91 Å². The minimum absolute atomic E-state index is 0.0510. The summed E-state index contributed by atoms with van der Waals surface area (Å²) in [6.07, 6.45) is 1.63. The fourth-order valence-corrected chi connectivity index (χ4v) is 3.14. The van der Waals surface area contributed by atoms with E-state index in [1.54, 1.807) is 18.2 Å². The molecule has 0 aromatic heterocycles. The molecule has 0 saturated carbocycles. The lowest BCUT2D eigenvalue weighted by atomic mass is 10.2. The largest absolute Gasteiger partial charge is 0.496 e. The van der Waals surface area contributed by atoms with Gasteiger partial charge in [0.25, 0.3) is 0 Å². The van der Waals surface area contributed by atoms with Gasteiger partial charge >= 0.3 is 0 Å². The van der Waals surface area contributed by atoms with Gasteiger partial charge in [0, 0.05) is 5.56 Å². The van der Waals surface area contributed by atoms with Crippen molar-refractivity contribution in [3.63, 3.8) is 0 Å². The minimum atomic E-state index is 0.0510. The molecule has 1 saturated heterocycles. The Balaban J connectivity index is 1.75. The molecule has 122 valence electrons. The number of rotatable bonds is 5. The van der Waals surface area contributed by atoms with E-state index in [0.29, 0.717) is 17.5 Å². The Morgan fingerprint density at radius 1 is 1.17 bits per heavy atom. The average Bonchev–Trinajstić information content (AvgIpc) is 2.96. The predicted octanol–water partition coefficient (Wildman–Crippen LogP) is 3.16. The zero-order valence-corrected chi connectivity index (χ0v) is 14.1. The van der Waals surface area contributed by atoms with Crippen molar-refractivity contribution in [2.75, 3.05) is 12.9 Å². The molecule has 2 aromatic rings. The number of amides is 1. The van der Waals surface area contributed by atoms with Crippen molar-refractivity contribution in [3.05, 3.63) is 65.7 Å². The Kier molecular flexibility index (Phi) is 5.28. The monoisotopic (exact) mass is 339 g/mol. The lowest BCUT2D eigenvalue weighted by molar-refractivity contribution is -0.124. The molecule has 24 heavy (non-hydrogen) atoms. The molecule has 0 atom stereocenters. The van der Waals surface area contributed by atoms with E-state index in [9.17, 15) is 4.79 Å². The van der Waals surface area contributed by atoms with Crippen LogP contribution in [0.1, 0.15) is 11.1 Å². The maximum absolute atomic E-state index is 12.1. The first-order valence-corrected chi connectivity index (χ1v) is 8.47. The first-order valence-electron chi connectivity index (χ1n) is 7.49. The maximum atomic E-state index is 12.1. The van der Waals surface area contributed by atoms with Crippen LogP contribution in [0.3, 0.4) is 0 Å². The van der Waals surface area contributed by atoms with Crippen LogP contribution in [0.5, 0.6) is 5.75 Å². The summed E-state index contributed by atoms with van der Waals surface area (Å²) in [6, 6.07) is 17.4. The van der Waals surface area contributed by atoms with Crippen molar-refractivity contribution in [2.45, 2.75) is 6.54 Å². The second-order valence-electron chi connectivity index (χ2n) is 5.12. The van der Waals surface area contributed by atoms with Gasteiger partial charge in [0.1, 0.15) is 5.75 Å². The smallest absolute Gasteiger partial charge is 0.239 e. The highest BCUT2D eigenvalue weighted by Gasteiger charge is 2.28. The van der Waals surface area contributed by atoms with E-state index in [0.717, 1.165) is 16.9 Å². The maximum Gasteiger partial charge on any atom is 0.239 e. The Bertz CT molecular complexity index is 775. The molecular formula is C18H17N3O2S. The number of hydrogen-bond donors (Lipinski definition) is 0. The average molecular weight is 339 g/mol. The predicted molar refractivity (Wildman–Crippen MR) is 97.5 cm³/mol. The van der Waals surface area contributed by atoms with Gasteiger partial charge in [-0.2, -0.15) is 5.10 Å². The molecule has 6 heteroatoms. The Labute approximate surface area is 145 Å². The van der Waals surface area contributed by atoms with E-state index in [4.69, 9.17) is 4.74 Å². The number of benzene rings is 2. The van der Waals surface area contributed by atoms with Gasteiger partial charge in [0.05, 0.1) is 25.6 Å². The molecule has 0 aliphatic carbocycles. The normalized spacial score (nSPS) is 16.3. The second-order valence-corrected chi connectivity index (χ2v) is 6.07. The van der Waals surface area contributed by atoms with Crippen LogP contribution in [0.15, 0.2) is 64.8 Å². The van der Waals surface area contributed by atoms with Crippen molar-refractivity contribution in [2.24, 2.45) is 10.2 Å². The molecule has 0 N–H and O–H groups in total. The molecule has 2 aromatic carbocycles. The first kappa shape index (κ1) is 16.3. The third-order valence-corrected chi connectivity index (χ3v) is 4.47. The van der Waals surface area contributed by atoms with Gasteiger partial charge in [0.15, 0.2) is 5.17 Å². The Morgan fingerprint density at radius 2 is 1.92 bits per heavy atom. The van der Waals surface area contributed by atoms with Crippen LogP contribution in [0.25, 0.3) is 0 Å². The molecular weight excluding hydrogens is 322 g/mol. The number of amidine groups is 1. The Hall–Kier alpha value is -2.60. The van der Waals surface area contributed by atoms with Gasteiger partial charge in [-0.3, -0.25) is 9.69 Å². The summed E-state index contributed by atoms with van der Waals surface area (Å²) in [6.45, 7) is 0.510. The Morgan fingerprint density at radius 3 is 2.71 bits per heavy atom. The van der Waals surface area contributed by atoms with E-state index in [2.05, 4.69) is 10.2 Å². The highest BCUT2D eigenvalue weighted by Crippen LogP contribution is 2.22. The lowest BCUT2D eigenvalue weighted by Crippen LogP contribution is -2.28. The number of para-hydroxylation sites is 1. The first-order chi connectivity index (χ1) is 11.8. The molecule has 0 radical (unpaired) electrons. The molecule has 1 aliphatic rings. The molecule has 3 rings (SSSR count). The third-order valence-electron chi connectivity index (χ3n) is 3.52. The summed E-state index contributed by atoms with van der Waals surface area (Å²) in [7, 11) is 1.62. The van der Waals surface area contributed by atoms with Gasteiger partial charge in [-0.1, -0.05) is 54.2 Å². The molecule has 1 heterocycles. The molecule has 1 aliphatic heterocycles. The van der Waals surface area contributed by atoms with Gasteiger partial charge in [-0.15, -0.1) is 5.10 Å². The molecule has 0 spiro atoms.